The molecule has 0 radical (unpaired) electrons. The highest BCUT2D eigenvalue weighted by molar-refractivity contribution is 9.10. The van der Waals surface area contributed by atoms with Crippen LogP contribution in [0.4, 0.5) is 0 Å². The van der Waals surface area contributed by atoms with Gasteiger partial charge >= 0.3 is 0 Å². The summed E-state index contributed by atoms with van der Waals surface area (Å²) in [5.74, 6) is 0.290. The molecule has 0 saturated carbocycles. The monoisotopic (exact) mass is 331 g/mol. The molecule has 2 atom stereocenters. The fraction of sp³-hybridized carbons (Fsp3) is 0.500. The molecule has 18 heavy (non-hydrogen) atoms. The number of alkyl halides is 1. The maximum Gasteiger partial charge on any atom is 0.234 e. The minimum atomic E-state index is -0.161. The maximum atomic E-state index is 12.0. The highest BCUT2D eigenvalue weighted by atomic mass is 79.9. The number of carbonyl (C=O) groups is 1. The molecule has 0 fully saturated rings. The van der Waals surface area contributed by atoms with Crippen molar-refractivity contribution in [2.75, 3.05) is 0 Å². The van der Waals surface area contributed by atoms with E-state index in [0.29, 0.717) is 5.02 Å². The summed E-state index contributed by atoms with van der Waals surface area (Å²) in [5, 5.41) is 3.74. The first-order valence-electron chi connectivity index (χ1n) is 6.15. The highest BCUT2D eigenvalue weighted by Gasteiger charge is 2.21. The molecule has 0 bridgehead atoms. The van der Waals surface area contributed by atoms with E-state index in [1.165, 1.54) is 0 Å². The quantitative estimate of drug-likeness (QED) is 0.799. The van der Waals surface area contributed by atoms with E-state index in [4.69, 9.17) is 11.6 Å². The van der Waals surface area contributed by atoms with E-state index in [2.05, 4.69) is 21.2 Å². The van der Waals surface area contributed by atoms with Crippen molar-refractivity contribution < 1.29 is 4.79 Å². The number of amides is 1. The Kier molecular flexibility index (Phi) is 6.16. The summed E-state index contributed by atoms with van der Waals surface area (Å²) in [6.45, 7) is 6.07. The van der Waals surface area contributed by atoms with Gasteiger partial charge in [0.2, 0.25) is 5.91 Å². The van der Waals surface area contributed by atoms with Crippen LogP contribution in [0, 0.1) is 5.92 Å². The van der Waals surface area contributed by atoms with Gasteiger partial charge in [0.1, 0.15) is 0 Å². The van der Waals surface area contributed by atoms with Crippen LogP contribution < -0.4 is 5.32 Å². The normalized spacial score (nSPS) is 14.3. The number of hydrogen-bond acceptors (Lipinski definition) is 1. The Bertz CT molecular complexity index is 409. The average Bonchev–Trinajstić information content (AvgIpc) is 2.34. The van der Waals surface area contributed by atoms with E-state index in [-0.39, 0.29) is 22.7 Å². The van der Waals surface area contributed by atoms with Crippen LogP contribution in [0.1, 0.15) is 38.8 Å². The van der Waals surface area contributed by atoms with E-state index in [0.717, 1.165) is 12.0 Å². The summed E-state index contributed by atoms with van der Waals surface area (Å²) in [4.78, 5) is 11.9. The molecule has 100 valence electrons. The van der Waals surface area contributed by atoms with Crippen LogP contribution >= 0.6 is 27.5 Å². The topological polar surface area (TPSA) is 29.1 Å². The third kappa shape index (κ3) is 4.29. The molecular weight excluding hydrogens is 314 g/mol. The van der Waals surface area contributed by atoms with Crippen molar-refractivity contribution in [2.24, 2.45) is 5.92 Å². The minimum absolute atomic E-state index is 0.00926. The third-order valence-corrected chi connectivity index (χ3v) is 4.52. The summed E-state index contributed by atoms with van der Waals surface area (Å²) >= 11 is 9.39. The predicted molar refractivity (Wildman–Crippen MR) is 80.2 cm³/mol. The van der Waals surface area contributed by atoms with Crippen molar-refractivity contribution in [3.8, 4) is 0 Å². The number of carbonyl (C=O) groups excluding carboxylic acids is 1. The zero-order valence-electron chi connectivity index (χ0n) is 10.9. The van der Waals surface area contributed by atoms with Gasteiger partial charge in [0.25, 0.3) is 0 Å². The molecule has 0 aliphatic rings. The second-order valence-corrected chi connectivity index (χ2v) is 6.09. The highest BCUT2D eigenvalue weighted by Crippen LogP contribution is 2.21. The molecule has 4 heteroatoms. The van der Waals surface area contributed by atoms with Crippen molar-refractivity contribution in [2.45, 2.75) is 38.1 Å². The van der Waals surface area contributed by atoms with Crippen molar-refractivity contribution in [3.63, 3.8) is 0 Å². The first-order valence-corrected chi connectivity index (χ1v) is 7.45. The van der Waals surface area contributed by atoms with Crippen molar-refractivity contribution in [1.29, 1.82) is 0 Å². The molecule has 0 aliphatic carbocycles. The van der Waals surface area contributed by atoms with Gasteiger partial charge in [-0.3, -0.25) is 4.79 Å². The predicted octanol–water partition coefficient (Wildman–Crippen LogP) is 4.33. The molecule has 1 rings (SSSR count). The number of hydrogen-bond donors (Lipinski definition) is 1. The fourth-order valence-electron chi connectivity index (χ4n) is 1.70. The molecule has 0 spiro atoms. The molecule has 2 unspecified atom stereocenters. The lowest BCUT2D eigenvalue weighted by Crippen LogP contribution is -2.36. The molecule has 0 aliphatic heterocycles. The van der Waals surface area contributed by atoms with Crippen LogP contribution in [0.3, 0.4) is 0 Å². The van der Waals surface area contributed by atoms with Gasteiger partial charge in [-0.2, -0.15) is 0 Å². The lowest BCUT2D eigenvalue weighted by Gasteiger charge is -2.21. The van der Waals surface area contributed by atoms with Gasteiger partial charge in [-0.25, -0.2) is 0 Å². The smallest absolute Gasteiger partial charge is 0.234 e. The van der Waals surface area contributed by atoms with E-state index in [1.54, 1.807) is 0 Å². The van der Waals surface area contributed by atoms with Gasteiger partial charge in [0.15, 0.2) is 0 Å². The fourth-order valence-corrected chi connectivity index (χ4v) is 2.03. The van der Waals surface area contributed by atoms with Gasteiger partial charge < -0.3 is 5.32 Å². The summed E-state index contributed by atoms with van der Waals surface area (Å²) in [6, 6.07) is 7.63. The van der Waals surface area contributed by atoms with Crippen LogP contribution in [0.15, 0.2) is 24.3 Å². The van der Waals surface area contributed by atoms with Crippen LogP contribution in [-0.4, -0.2) is 10.7 Å². The first kappa shape index (κ1) is 15.5. The van der Waals surface area contributed by atoms with Crippen LogP contribution in [0.5, 0.6) is 0 Å². The summed E-state index contributed by atoms with van der Waals surface area (Å²) in [6.07, 6.45) is 0.837. The molecule has 1 aromatic carbocycles. The minimum Gasteiger partial charge on any atom is -0.348 e. The molecule has 1 N–H and O–H groups in total. The standard InChI is InChI=1S/C14H19BrClNO/c1-4-12(10-6-5-7-11(16)8-10)17-14(18)13(15)9(2)3/h5-9,12-13H,4H2,1-3H3,(H,17,18). The van der Waals surface area contributed by atoms with Crippen molar-refractivity contribution in [3.05, 3.63) is 34.9 Å². The summed E-state index contributed by atoms with van der Waals surface area (Å²) in [5.41, 5.74) is 1.04. The van der Waals surface area contributed by atoms with E-state index in [1.807, 2.05) is 45.0 Å². The zero-order valence-corrected chi connectivity index (χ0v) is 13.3. The van der Waals surface area contributed by atoms with Crippen LogP contribution in [0.25, 0.3) is 0 Å². The average molecular weight is 333 g/mol. The van der Waals surface area contributed by atoms with Crippen molar-refractivity contribution in [1.82, 2.24) is 5.32 Å². The molecule has 1 amide bonds. The van der Waals surface area contributed by atoms with E-state index in [9.17, 15) is 4.79 Å². The lowest BCUT2D eigenvalue weighted by molar-refractivity contribution is -0.121. The molecule has 0 saturated heterocycles. The maximum absolute atomic E-state index is 12.0. The van der Waals surface area contributed by atoms with Crippen LogP contribution in [-0.2, 0) is 4.79 Å². The largest absolute Gasteiger partial charge is 0.348 e. The Balaban J connectivity index is 2.76. The molecule has 2 nitrogen and oxygen atoms in total. The Hall–Kier alpha value is -0.540. The number of benzene rings is 1. The Morgan fingerprint density at radius 2 is 2.11 bits per heavy atom. The zero-order chi connectivity index (χ0) is 13.7. The van der Waals surface area contributed by atoms with E-state index >= 15 is 0 Å². The second-order valence-electron chi connectivity index (χ2n) is 4.67. The van der Waals surface area contributed by atoms with Gasteiger partial charge in [0, 0.05) is 5.02 Å². The molecular formula is C14H19BrClNO. The second kappa shape index (κ2) is 7.15. The SMILES string of the molecule is CCC(NC(=O)C(Br)C(C)C)c1cccc(Cl)c1. The van der Waals surface area contributed by atoms with E-state index < -0.39 is 0 Å². The third-order valence-electron chi connectivity index (χ3n) is 2.81. The van der Waals surface area contributed by atoms with Crippen LogP contribution in [0.2, 0.25) is 5.02 Å². The lowest BCUT2D eigenvalue weighted by atomic mass is 10.0. The van der Waals surface area contributed by atoms with Crippen molar-refractivity contribution >= 4 is 33.4 Å². The van der Waals surface area contributed by atoms with Gasteiger partial charge in [0.05, 0.1) is 10.9 Å². The number of rotatable bonds is 5. The summed E-state index contributed by atoms with van der Waals surface area (Å²) in [7, 11) is 0. The molecule has 0 heterocycles. The number of halogens is 2. The van der Waals surface area contributed by atoms with Gasteiger partial charge in [-0.1, -0.05) is 60.4 Å². The molecule has 1 aromatic rings. The summed E-state index contributed by atoms with van der Waals surface area (Å²) < 4.78 is 0. The Morgan fingerprint density at radius 3 is 2.61 bits per heavy atom. The molecule has 0 aromatic heterocycles. The first-order chi connectivity index (χ1) is 8.45. The Labute approximate surface area is 122 Å². The number of nitrogens with one attached hydrogen (secondary N) is 1. The van der Waals surface area contributed by atoms with Gasteiger partial charge in [-0.15, -0.1) is 0 Å². The Morgan fingerprint density at radius 1 is 1.44 bits per heavy atom. The van der Waals surface area contributed by atoms with Gasteiger partial charge in [-0.05, 0) is 30.0 Å².